The molecular formula is C22H29N3O4S. The summed E-state index contributed by atoms with van der Waals surface area (Å²) in [4.78, 5) is 27.0. The predicted molar refractivity (Wildman–Crippen MR) is 119 cm³/mol. The zero-order valence-corrected chi connectivity index (χ0v) is 18.9. The number of carbonyl (C=O) groups excluding carboxylic acids is 2. The number of carbonyl (C=O) groups is 2. The van der Waals surface area contributed by atoms with Crippen molar-refractivity contribution in [3.63, 3.8) is 0 Å². The van der Waals surface area contributed by atoms with Crippen LogP contribution in [0.2, 0.25) is 0 Å². The second kappa shape index (κ2) is 9.75. The van der Waals surface area contributed by atoms with Crippen LogP contribution in [0.4, 0.5) is 5.69 Å². The molecule has 8 heteroatoms. The number of nitrogens with one attached hydrogen (secondary N) is 1. The van der Waals surface area contributed by atoms with Gasteiger partial charge in [-0.3, -0.25) is 13.9 Å². The van der Waals surface area contributed by atoms with Crippen molar-refractivity contribution in [3.8, 4) is 0 Å². The van der Waals surface area contributed by atoms with Gasteiger partial charge in [0.15, 0.2) is 0 Å². The molecule has 0 saturated heterocycles. The van der Waals surface area contributed by atoms with E-state index >= 15 is 0 Å². The number of benzene rings is 2. The van der Waals surface area contributed by atoms with Gasteiger partial charge in [0.05, 0.1) is 11.9 Å². The second-order valence-electron chi connectivity index (χ2n) is 7.34. The molecule has 2 amide bonds. The highest BCUT2D eigenvalue weighted by Gasteiger charge is 2.29. The van der Waals surface area contributed by atoms with E-state index in [0.717, 1.165) is 27.3 Å². The lowest BCUT2D eigenvalue weighted by Gasteiger charge is -2.31. The van der Waals surface area contributed by atoms with E-state index in [1.54, 1.807) is 31.2 Å². The van der Waals surface area contributed by atoms with Gasteiger partial charge in [-0.25, -0.2) is 8.42 Å². The van der Waals surface area contributed by atoms with E-state index in [2.05, 4.69) is 5.32 Å². The highest BCUT2D eigenvalue weighted by atomic mass is 32.2. The molecule has 1 N–H and O–H groups in total. The van der Waals surface area contributed by atoms with Crippen LogP contribution in [0.3, 0.4) is 0 Å². The van der Waals surface area contributed by atoms with E-state index in [1.165, 1.54) is 11.9 Å². The van der Waals surface area contributed by atoms with Crippen LogP contribution >= 0.6 is 0 Å². The van der Waals surface area contributed by atoms with Crippen LogP contribution in [-0.4, -0.2) is 51.0 Å². The Morgan fingerprint density at radius 3 is 2.17 bits per heavy atom. The molecule has 0 fully saturated rings. The summed E-state index contributed by atoms with van der Waals surface area (Å²) in [5.41, 5.74) is 3.26. The number of sulfonamides is 1. The van der Waals surface area contributed by atoms with Crippen LogP contribution < -0.4 is 9.62 Å². The molecule has 0 saturated carbocycles. The molecule has 0 heterocycles. The number of likely N-dealkylation sites (N-methyl/N-ethyl adjacent to an activating group) is 1. The van der Waals surface area contributed by atoms with E-state index in [-0.39, 0.29) is 12.5 Å². The lowest BCUT2D eigenvalue weighted by atomic mass is 10.1. The first-order valence-electron chi connectivity index (χ1n) is 9.64. The molecule has 0 aliphatic rings. The van der Waals surface area contributed by atoms with Gasteiger partial charge in [0, 0.05) is 13.6 Å². The van der Waals surface area contributed by atoms with Crippen LogP contribution in [0.1, 0.15) is 23.6 Å². The molecule has 0 radical (unpaired) electrons. The van der Waals surface area contributed by atoms with Gasteiger partial charge in [-0.2, -0.15) is 0 Å². The summed E-state index contributed by atoms with van der Waals surface area (Å²) in [6, 6.07) is 13.7. The molecular weight excluding hydrogens is 402 g/mol. The molecule has 0 unspecified atom stereocenters. The van der Waals surface area contributed by atoms with Gasteiger partial charge < -0.3 is 10.2 Å². The molecule has 2 aromatic carbocycles. The molecule has 0 bridgehead atoms. The summed E-state index contributed by atoms with van der Waals surface area (Å²) < 4.78 is 25.9. The number of amides is 2. The zero-order chi connectivity index (χ0) is 22.5. The highest BCUT2D eigenvalue weighted by molar-refractivity contribution is 7.92. The molecule has 1 atom stereocenters. The maximum Gasteiger partial charge on any atom is 0.244 e. The summed E-state index contributed by atoms with van der Waals surface area (Å²) >= 11 is 0. The smallest absolute Gasteiger partial charge is 0.244 e. The van der Waals surface area contributed by atoms with Crippen LogP contribution in [0.15, 0.2) is 48.5 Å². The largest absolute Gasteiger partial charge is 0.357 e. The lowest BCUT2D eigenvalue weighted by Crippen LogP contribution is -2.50. The first-order valence-corrected chi connectivity index (χ1v) is 11.5. The molecule has 2 rings (SSSR count). The first-order chi connectivity index (χ1) is 14.0. The zero-order valence-electron chi connectivity index (χ0n) is 18.0. The highest BCUT2D eigenvalue weighted by Crippen LogP contribution is 2.20. The molecule has 0 spiro atoms. The Labute approximate surface area is 178 Å². The van der Waals surface area contributed by atoms with Crippen molar-refractivity contribution in [2.75, 3.05) is 24.2 Å². The van der Waals surface area contributed by atoms with Crippen LogP contribution in [0.5, 0.6) is 0 Å². The van der Waals surface area contributed by atoms with Gasteiger partial charge >= 0.3 is 0 Å². The Morgan fingerprint density at radius 1 is 1.03 bits per heavy atom. The van der Waals surface area contributed by atoms with Gasteiger partial charge in [-0.15, -0.1) is 0 Å². The van der Waals surface area contributed by atoms with E-state index in [9.17, 15) is 18.0 Å². The Morgan fingerprint density at radius 2 is 1.63 bits per heavy atom. The molecule has 30 heavy (non-hydrogen) atoms. The summed E-state index contributed by atoms with van der Waals surface area (Å²) in [7, 11) is -2.20. The number of aryl methyl sites for hydroxylation is 2. The summed E-state index contributed by atoms with van der Waals surface area (Å²) in [6.07, 6.45) is 1.06. The number of hydrogen-bond donors (Lipinski definition) is 1. The third-order valence-electron chi connectivity index (χ3n) is 5.02. The molecule has 0 aromatic heterocycles. The van der Waals surface area contributed by atoms with Crippen molar-refractivity contribution in [2.45, 2.75) is 33.4 Å². The average Bonchev–Trinajstić information content (AvgIpc) is 2.70. The SMILES string of the molecule is CNC(=O)[C@H](C)N(Cc1ccccc1C)C(=O)CN(c1ccc(C)cc1)S(C)(=O)=O. The van der Waals surface area contributed by atoms with Gasteiger partial charge in [0.25, 0.3) is 0 Å². The number of anilines is 1. The Hall–Kier alpha value is -2.87. The fraction of sp³-hybridized carbons (Fsp3) is 0.364. The van der Waals surface area contributed by atoms with Crippen LogP contribution in [-0.2, 0) is 26.2 Å². The quantitative estimate of drug-likeness (QED) is 0.694. The molecule has 0 aliphatic heterocycles. The number of nitrogens with zero attached hydrogens (tertiary/aromatic N) is 2. The molecule has 2 aromatic rings. The maximum atomic E-state index is 13.3. The standard InChI is InChI=1S/C22H29N3O4S/c1-16-10-12-20(13-11-16)25(30(5,28)29)15-21(26)24(18(3)22(27)23-4)14-19-9-7-6-8-17(19)2/h6-13,18H,14-15H2,1-5H3,(H,23,27)/t18-/m0/s1. The fourth-order valence-electron chi connectivity index (χ4n) is 3.09. The Kier molecular flexibility index (Phi) is 7.61. The van der Waals surface area contributed by atoms with Crippen molar-refractivity contribution >= 4 is 27.5 Å². The van der Waals surface area contributed by atoms with Crippen LogP contribution in [0.25, 0.3) is 0 Å². The fourth-order valence-corrected chi connectivity index (χ4v) is 3.94. The predicted octanol–water partition coefficient (Wildman–Crippen LogP) is 2.23. The lowest BCUT2D eigenvalue weighted by molar-refractivity contribution is -0.139. The monoisotopic (exact) mass is 431 g/mol. The van der Waals surface area contributed by atoms with E-state index < -0.39 is 28.5 Å². The Bertz CT molecular complexity index is 1000. The minimum atomic E-state index is -3.71. The molecule has 162 valence electrons. The van der Waals surface area contributed by atoms with Crippen molar-refractivity contribution in [1.82, 2.24) is 10.2 Å². The second-order valence-corrected chi connectivity index (χ2v) is 9.25. The third-order valence-corrected chi connectivity index (χ3v) is 6.16. The minimum Gasteiger partial charge on any atom is -0.357 e. The number of hydrogen-bond acceptors (Lipinski definition) is 4. The van der Waals surface area contributed by atoms with Gasteiger partial charge in [-0.05, 0) is 44.0 Å². The van der Waals surface area contributed by atoms with E-state index in [4.69, 9.17) is 0 Å². The number of rotatable bonds is 8. The topological polar surface area (TPSA) is 86.8 Å². The van der Waals surface area contributed by atoms with E-state index in [1.807, 2.05) is 38.1 Å². The summed E-state index contributed by atoms with van der Waals surface area (Å²) in [6.45, 7) is 5.26. The summed E-state index contributed by atoms with van der Waals surface area (Å²) in [5, 5.41) is 2.56. The van der Waals surface area contributed by atoms with Gasteiger partial charge in [0.1, 0.15) is 12.6 Å². The maximum absolute atomic E-state index is 13.3. The normalized spacial score (nSPS) is 12.2. The minimum absolute atomic E-state index is 0.200. The van der Waals surface area contributed by atoms with E-state index in [0.29, 0.717) is 5.69 Å². The van der Waals surface area contributed by atoms with Crippen molar-refractivity contribution in [2.24, 2.45) is 0 Å². The first kappa shape index (κ1) is 23.4. The summed E-state index contributed by atoms with van der Waals surface area (Å²) in [5.74, 6) is -0.779. The third kappa shape index (κ3) is 5.82. The van der Waals surface area contributed by atoms with Crippen molar-refractivity contribution in [3.05, 3.63) is 65.2 Å². The Balaban J connectivity index is 2.38. The van der Waals surface area contributed by atoms with Crippen molar-refractivity contribution < 1.29 is 18.0 Å². The average molecular weight is 432 g/mol. The van der Waals surface area contributed by atoms with Gasteiger partial charge in [0.2, 0.25) is 21.8 Å². The van der Waals surface area contributed by atoms with Crippen molar-refractivity contribution in [1.29, 1.82) is 0 Å². The molecule has 7 nitrogen and oxygen atoms in total. The van der Waals surface area contributed by atoms with Crippen LogP contribution in [0, 0.1) is 13.8 Å². The van der Waals surface area contributed by atoms with Gasteiger partial charge in [-0.1, -0.05) is 42.0 Å². The molecule has 0 aliphatic carbocycles.